The first kappa shape index (κ1) is 14.4. The predicted molar refractivity (Wildman–Crippen MR) is 75.3 cm³/mol. The van der Waals surface area contributed by atoms with E-state index in [1.165, 1.54) is 12.1 Å². The van der Waals surface area contributed by atoms with E-state index in [4.69, 9.17) is 5.53 Å². The van der Waals surface area contributed by atoms with Crippen molar-refractivity contribution >= 4 is 5.69 Å². The highest BCUT2D eigenvalue weighted by atomic mass is 16.6. The van der Waals surface area contributed by atoms with Crippen LogP contribution in [0.2, 0.25) is 0 Å². The van der Waals surface area contributed by atoms with Gasteiger partial charge >= 0.3 is 0 Å². The third kappa shape index (κ3) is 3.33. The van der Waals surface area contributed by atoms with Crippen molar-refractivity contribution in [3.05, 3.63) is 68.7 Å². The predicted octanol–water partition coefficient (Wildman–Crippen LogP) is 3.00. The molecule has 106 valence electrons. The highest BCUT2D eigenvalue weighted by molar-refractivity contribution is 5.69. The van der Waals surface area contributed by atoms with Crippen LogP contribution in [0, 0.1) is 10.1 Å². The van der Waals surface area contributed by atoms with Crippen LogP contribution in [0.25, 0.3) is 21.7 Å². The molecule has 0 saturated heterocycles. The Kier molecular flexibility index (Phi) is 4.45. The molecule has 0 amide bonds. The minimum Gasteiger partial charge on any atom is -0.387 e. The maximum atomic E-state index is 11.1. The Morgan fingerprint density at radius 1 is 1.33 bits per heavy atom. The van der Waals surface area contributed by atoms with Crippen molar-refractivity contribution in [2.75, 3.05) is 6.54 Å². The van der Waals surface area contributed by atoms with Crippen LogP contribution >= 0.6 is 0 Å². The molecular weight excluding hydrogens is 274 g/mol. The lowest BCUT2D eigenvalue weighted by atomic mass is 10.1. The van der Waals surface area contributed by atoms with Crippen molar-refractivity contribution in [1.82, 2.24) is 4.98 Å². The summed E-state index contributed by atoms with van der Waals surface area (Å²) in [5.74, 6) is 0. The first-order valence-electron chi connectivity index (χ1n) is 6.03. The van der Waals surface area contributed by atoms with Gasteiger partial charge in [-0.25, -0.2) is 4.98 Å². The van der Waals surface area contributed by atoms with Gasteiger partial charge in [-0.2, -0.15) is 0 Å². The van der Waals surface area contributed by atoms with Gasteiger partial charge in [0.1, 0.15) is 11.8 Å². The molecule has 0 spiro atoms. The molecular formula is C13H11N5O3. The molecule has 21 heavy (non-hydrogen) atoms. The number of hydrogen-bond acceptors (Lipinski definition) is 5. The molecule has 2 aromatic rings. The molecule has 0 radical (unpaired) electrons. The van der Waals surface area contributed by atoms with E-state index in [-0.39, 0.29) is 23.6 Å². The summed E-state index contributed by atoms with van der Waals surface area (Å²) in [5, 5.41) is 24.2. The second kappa shape index (κ2) is 6.47. The molecule has 0 aliphatic carbocycles. The van der Waals surface area contributed by atoms with Gasteiger partial charge in [0.05, 0.1) is 17.2 Å². The van der Waals surface area contributed by atoms with E-state index >= 15 is 0 Å². The molecule has 1 N–H and O–H groups in total. The van der Waals surface area contributed by atoms with Crippen LogP contribution in [-0.2, 0) is 0 Å². The van der Waals surface area contributed by atoms with Crippen LogP contribution in [0.1, 0.15) is 11.8 Å². The minimum atomic E-state index is -1.11. The SMILES string of the molecule is [N-]=[N+]=NCC(O)c1ccc([N+](=O)[O-])c(-c2ccccc2)n1. The van der Waals surface area contributed by atoms with E-state index in [0.29, 0.717) is 5.56 Å². The fraction of sp³-hybridized carbons (Fsp3) is 0.154. The van der Waals surface area contributed by atoms with Gasteiger partial charge in [0, 0.05) is 16.5 Å². The Morgan fingerprint density at radius 2 is 2.05 bits per heavy atom. The number of nitrogens with zero attached hydrogens (tertiary/aromatic N) is 5. The Hall–Kier alpha value is -2.96. The van der Waals surface area contributed by atoms with Gasteiger partial charge in [0.15, 0.2) is 0 Å². The second-order valence-electron chi connectivity index (χ2n) is 4.16. The van der Waals surface area contributed by atoms with Crippen LogP contribution in [0.3, 0.4) is 0 Å². The number of azide groups is 1. The Morgan fingerprint density at radius 3 is 2.67 bits per heavy atom. The molecule has 0 bridgehead atoms. The summed E-state index contributed by atoms with van der Waals surface area (Å²) in [5.41, 5.74) is 9.05. The van der Waals surface area contributed by atoms with E-state index in [2.05, 4.69) is 15.0 Å². The fourth-order valence-electron chi connectivity index (χ4n) is 1.82. The molecule has 0 aliphatic heterocycles. The molecule has 1 aromatic heterocycles. The zero-order chi connectivity index (χ0) is 15.2. The largest absolute Gasteiger partial charge is 0.387 e. The summed E-state index contributed by atoms with van der Waals surface area (Å²) in [6.07, 6.45) is -1.11. The fourth-order valence-corrected chi connectivity index (χ4v) is 1.82. The van der Waals surface area contributed by atoms with Gasteiger partial charge in [-0.3, -0.25) is 10.1 Å². The Balaban J connectivity index is 2.49. The van der Waals surface area contributed by atoms with Crippen LogP contribution < -0.4 is 0 Å². The second-order valence-corrected chi connectivity index (χ2v) is 4.16. The highest BCUT2D eigenvalue weighted by Gasteiger charge is 2.19. The molecule has 1 unspecified atom stereocenters. The molecule has 8 heteroatoms. The maximum absolute atomic E-state index is 11.1. The van der Waals surface area contributed by atoms with Gasteiger partial charge in [0.25, 0.3) is 5.69 Å². The summed E-state index contributed by atoms with van der Waals surface area (Å²) in [7, 11) is 0. The van der Waals surface area contributed by atoms with Crippen molar-refractivity contribution in [2.24, 2.45) is 5.11 Å². The standard InChI is InChI=1S/C13H11N5O3/c14-17-15-8-12(19)10-6-7-11(18(20)21)13(16-10)9-4-2-1-3-5-9/h1-7,12,19H,8H2. The normalized spacial score (nSPS) is 11.5. The maximum Gasteiger partial charge on any atom is 0.295 e. The molecule has 0 saturated carbocycles. The lowest BCUT2D eigenvalue weighted by molar-refractivity contribution is -0.384. The van der Waals surface area contributed by atoms with Crippen LogP contribution in [-0.4, -0.2) is 21.6 Å². The minimum absolute atomic E-state index is 0.152. The average Bonchev–Trinajstić information content (AvgIpc) is 2.52. The first-order valence-corrected chi connectivity index (χ1v) is 6.03. The molecule has 0 fully saturated rings. The van der Waals surface area contributed by atoms with Gasteiger partial charge in [-0.05, 0) is 11.6 Å². The number of aliphatic hydroxyl groups excluding tert-OH is 1. The van der Waals surface area contributed by atoms with Crippen molar-refractivity contribution in [1.29, 1.82) is 0 Å². The van der Waals surface area contributed by atoms with E-state index < -0.39 is 11.0 Å². The lowest BCUT2D eigenvalue weighted by Gasteiger charge is -2.09. The van der Waals surface area contributed by atoms with Gasteiger partial charge in [-0.15, -0.1) is 0 Å². The summed E-state index contributed by atoms with van der Waals surface area (Å²) >= 11 is 0. The Bertz CT molecular complexity index is 698. The molecule has 0 aliphatic rings. The van der Waals surface area contributed by atoms with E-state index in [9.17, 15) is 15.2 Å². The number of pyridine rings is 1. The number of aromatic nitrogens is 1. The third-order valence-electron chi connectivity index (χ3n) is 2.80. The number of nitro groups is 1. The van der Waals surface area contributed by atoms with Crippen molar-refractivity contribution in [2.45, 2.75) is 6.10 Å². The van der Waals surface area contributed by atoms with E-state index in [0.717, 1.165) is 0 Å². The number of rotatable bonds is 5. The zero-order valence-corrected chi connectivity index (χ0v) is 10.8. The van der Waals surface area contributed by atoms with Crippen molar-refractivity contribution in [3.8, 4) is 11.3 Å². The number of hydrogen-bond donors (Lipinski definition) is 1. The Labute approximate surface area is 119 Å². The average molecular weight is 285 g/mol. The summed E-state index contributed by atoms with van der Waals surface area (Å²) < 4.78 is 0. The van der Waals surface area contributed by atoms with Crippen LogP contribution in [0.5, 0.6) is 0 Å². The monoisotopic (exact) mass is 285 g/mol. The third-order valence-corrected chi connectivity index (χ3v) is 2.80. The van der Waals surface area contributed by atoms with E-state index in [1.807, 2.05) is 0 Å². The van der Waals surface area contributed by atoms with Gasteiger partial charge < -0.3 is 5.11 Å². The smallest absolute Gasteiger partial charge is 0.295 e. The van der Waals surface area contributed by atoms with Crippen LogP contribution in [0.4, 0.5) is 5.69 Å². The van der Waals surface area contributed by atoms with Gasteiger partial charge in [-0.1, -0.05) is 35.4 Å². The van der Waals surface area contributed by atoms with Crippen molar-refractivity contribution < 1.29 is 10.0 Å². The van der Waals surface area contributed by atoms with E-state index in [1.54, 1.807) is 30.3 Å². The van der Waals surface area contributed by atoms with Gasteiger partial charge in [0.2, 0.25) is 0 Å². The van der Waals surface area contributed by atoms with Crippen LogP contribution in [0.15, 0.2) is 47.6 Å². The molecule has 1 heterocycles. The van der Waals surface area contributed by atoms with Crippen molar-refractivity contribution in [3.63, 3.8) is 0 Å². The highest BCUT2D eigenvalue weighted by Crippen LogP contribution is 2.29. The molecule has 1 aromatic carbocycles. The molecule has 2 rings (SSSR count). The molecule has 8 nitrogen and oxygen atoms in total. The topological polar surface area (TPSA) is 125 Å². The first-order chi connectivity index (χ1) is 10.1. The summed E-state index contributed by atoms with van der Waals surface area (Å²) in [4.78, 5) is 17.3. The quantitative estimate of drug-likeness (QED) is 0.298. The number of aliphatic hydroxyl groups is 1. The lowest BCUT2D eigenvalue weighted by Crippen LogP contribution is -2.06. The number of benzene rings is 1. The molecule has 1 atom stereocenters. The summed E-state index contributed by atoms with van der Waals surface area (Å²) in [6, 6.07) is 11.3. The summed E-state index contributed by atoms with van der Waals surface area (Å²) in [6.45, 7) is -0.185. The zero-order valence-electron chi connectivity index (χ0n) is 10.8.